The molecule has 118 valence electrons. The molecule has 0 spiro atoms. The van der Waals surface area contributed by atoms with Gasteiger partial charge in [-0.2, -0.15) is 0 Å². The molecule has 0 saturated heterocycles. The summed E-state index contributed by atoms with van der Waals surface area (Å²) in [4.78, 5) is 23.0. The van der Waals surface area contributed by atoms with Gasteiger partial charge in [-0.1, -0.05) is 29.3 Å². The summed E-state index contributed by atoms with van der Waals surface area (Å²) in [5.41, 5.74) is -1.54. The SMILES string of the molecule is Cn1cc(S(=O)(=O)Nc2cccc(Cl)c2Cl)c(=O)n(C)c1=O. The van der Waals surface area contributed by atoms with Crippen LogP contribution in [0.3, 0.4) is 0 Å². The molecule has 1 heterocycles. The first-order valence-electron chi connectivity index (χ1n) is 5.88. The van der Waals surface area contributed by atoms with Crippen molar-refractivity contribution >= 4 is 38.9 Å². The Hall–Kier alpha value is -1.77. The van der Waals surface area contributed by atoms with E-state index in [1.54, 1.807) is 0 Å². The minimum absolute atomic E-state index is 0.00869. The van der Waals surface area contributed by atoms with Crippen LogP contribution in [0.4, 0.5) is 5.69 Å². The van der Waals surface area contributed by atoms with Crippen LogP contribution in [0.15, 0.2) is 38.9 Å². The molecule has 0 aliphatic rings. The number of halogens is 2. The minimum atomic E-state index is -4.23. The molecule has 0 aliphatic heterocycles. The maximum Gasteiger partial charge on any atom is 0.330 e. The molecule has 1 aromatic carbocycles. The van der Waals surface area contributed by atoms with Crippen LogP contribution in [0.25, 0.3) is 0 Å². The average Bonchev–Trinajstić information content (AvgIpc) is 2.45. The summed E-state index contributed by atoms with van der Waals surface area (Å²) < 4.78 is 28.6. The number of nitrogens with zero attached hydrogens (tertiary/aromatic N) is 2. The van der Waals surface area contributed by atoms with Crippen LogP contribution in [-0.4, -0.2) is 17.6 Å². The highest BCUT2D eigenvalue weighted by Crippen LogP contribution is 2.30. The largest absolute Gasteiger partial charge is 0.330 e. The molecular weight excluding hydrogens is 353 g/mol. The summed E-state index contributed by atoms with van der Waals surface area (Å²) in [6.07, 6.45) is 0.950. The molecule has 2 rings (SSSR count). The van der Waals surface area contributed by atoms with E-state index in [-0.39, 0.29) is 15.7 Å². The number of aryl methyl sites for hydroxylation is 1. The van der Waals surface area contributed by atoms with Gasteiger partial charge >= 0.3 is 5.69 Å². The summed E-state index contributed by atoms with van der Waals surface area (Å²) in [5.74, 6) is 0. The lowest BCUT2D eigenvalue weighted by atomic mass is 10.3. The molecule has 0 saturated carbocycles. The molecule has 0 amide bonds. The van der Waals surface area contributed by atoms with E-state index in [9.17, 15) is 18.0 Å². The fourth-order valence-electron chi connectivity index (χ4n) is 1.74. The zero-order chi connectivity index (χ0) is 16.7. The third kappa shape index (κ3) is 2.90. The van der Waals surface area contributed by atoms with Gasteiger partial charge in [-0.25, -0.2) is 13.2 Å². The van der Waals surface area contributed by atoms with Crippen LogP contribution in [0.1, 0.15) is 0 Å². The summed E-state index contributed by atoms with van der Waals surface area (Å²) in [5, 5.41) is 0.171. The molecule has 0 radical (unpaired) electrons. The van der Waals surface area contributed by atoms with E-state index < -0.39 is 26.2 Å². The van der Waals surface area contributed by atoms with Crippen molar-refractivity contribution in [1.82, 2.24) is 9.13 Å². The van der Waals surface area contributed by atoms with Gasteiger partial charge in [0.05, 0.1) is 15.7 Å². The number of benzene rings is 1. The van der Waals surface area contributed by atoms with Gasteiger partial charge in [0.2, 0.25) is 0 Å². The van der Waals surface area contributed by atoms with E-state index in [2.05, 4.69) is 4.72 Å². The standard InChI is InChI=1S/C12H11Cl2N3O4S/c1-16-6-9(11(18)17(2)12(16)19)22(20,21)15-8-5-3-4-7(13)10(8)14/h3-6,15H,1-2H3. The summed E-state index contributed by atoms with van der Waals surface area (Å²) in [6.45, 7) is 0. The third-order valence-corrected chi connectivity index (χ3v) is 5.07. The predicted octanol–water partition coefficient (Wildman–Crippen LogP) is 1.19. The quantitative estimate of drug-likeness (QED) is 0.886. The molecule has 0 atom stereocenters. The van der Waals surface area contributed by atoms with Crippen molar-refractivity contribution in [3.63, 3.8) is 0 Å². The molecule has 0 unspecified atom stereocenters. The Balaban J connectivity index is 2.60. The lowest BCUT2D eigenvalue weighted by Gasteiger charge is -2.11. The Kier molecular flexibility index (Phi) is 4.37. The normalized spacial score (nSPS) is 11.5. The topological polar surface area (TPSA) is 90.2 Å². The van der Waals surface area contributed by atoms with Gasteiger partial charge in [-0.05, 0) is 12.1 Å². The highest BCUT2D eigenvalue weighted by atomic mass is 35.5. The van der Waals surface area contributed by atoms with Gasteiger partial charge in [0.15, 0.2) is 4.90 Å². The molecule has 0 aliphatic carbocycles. The maximum absolute atomic E-state index is 12.4. The van der Waals surface area contributed by atoms with Crippen LogP contribution in [0.5, 0.6) is 0 Å². The Morgan fingerprint density at radius 3 is 2.41 bits per heavy atom. The van der Waals surface area contributed by atoms with Crippen molar-refractivity contribution in [3.05, 3.63) is 55.3 Å². The Labute approximate surface area is 135 Å². The van der Waals surface area contributed by atoms with Crippen LogP contribution < -0.4 is 16.0 Å². The number of rotatable bonds is 3. The van der Waals surface area contributed by atoms with Crippen molar-refractivity contribution in [2.45, 2.75) is 4.90 Å². The van der Waals surface area contributed by atoms with Crippen molar-refractivity contribution in [2.75, 3.05) is 4.72 Å². The lowest BCUT2D eigenvalue weighted by Crippen LogP contribution is -2.40. The van der Waals surface area contributed by atoms with Crippen LogP contribution in [-0.2, 0) is 24.1 Å². The molecule has 2 aromatic rings. The number of aromatic nitrogens is 2. The summed E-state index contributed by atoms with van der Waals surface area (Å²) in [6, 6.07) is 4.40. The zero-order valence-electron chi connectivity index (χ0n) is 11.5. The van der Waals surface area contributed by atoms with Gasteiger partial charge in [0.1, 0.15) is 0 Å². The lowest BCUT2D eigenvalue weighted by molar-refractivity contribution is 0.589. The molecule has 1 aromatic heterocycles. The summed E-state index contributed by atoms with van der Waals surface area (Å²) in [7, 11) is -1.70. The third-order valence-electron chi connectivity index (χ3n) is 2.90. The first-order valence-corrected chi connectivity index (χ1v) is 8.12. The van der Waals surface area contributed by atoms with Crippen molar-refractivity contribution in [1.29, 1.82) is 0 Å². The molecule has 10 heteroatoms. The second-order valence-corrected chi connectivity index (χ2v) is 6.89. The number of anilines is 1. The number of sulfonamides is 1. The minimum Gasteiger partial charge on any atom is -0.302 e. The van der Waals surface area contributed by atoms with Crippen LogP contribution in [0.2, 0.25) is 10.0 Å². The average molecular weight is 364 g/mol. The van der Waals surface area contributed by atoms with Crippen molar-refractivity contribution < 1.29 is 8.42 Å². The van der Waals surface area contributed by atoms with Crippen LogP contribution in [0, 0.1) is 0 Å². The Bertz CT molecular complexity index is 963. The van der Waals surface area contributed by atoms with Gasteiger partial charge in [-0.15, -0.1) is 0 Å². The van der Waals surface area contributed by atoms with E-state index in [0.717, 1.165) is 10.8 Å². The van der Waals surface area contributed by atoms with E-state index in [0.29, 0.717) is 4.57 Å². The van der Waals surface area contributed by atoms with E-state index in [1.165, 1.54) is 32.3 Å². The van der Waals surface area contributed by atoms with Crippen LogP contribution >= 0.6 is 23.2 Å². The van der Waals surface area contributed by atoms with E-state index in [1.807, 2.05) is 0 Å². The number of hydrogen-bond acceptors (Lipinski definition) is 4. The number of nitrogens with one attached hydrogen (secondary N) is 1. The monoisotopic (exact) mass is 363 g/mol. The molecular formula is C12H11Cl2N3O4S. The zero-order valence-corrected chi connectivity index (χ0v) is 13.8. The number of hydrogen-bond donors (Lipinski definition) is 1. The first-order chi connectivity index (χ1) is 10.1. The fraction of sp³-hybridized carbons (Fsp3) is 0.167. The predicted molar refractivity (Wildman–Crippen MR) is 84.2 cm³/mol. The second-order valence-electron chi connectivity index (χ2n) is 4.46. The van der Waals surface area contributed by atoms with E-state index in [4.69, 9.17) is 23.2 Å². The molecule has 1 N–H and O–H groups in total. The Morgan fingerprint density at radius 1 is 1.14 bits per heavy atom. The van der Waals surface area contributed by atoms with Gasteiger partial charge in [-0.3, -0.25) is 14.1 Å². The highest BCUT2D eigenvalue weighted by molar-refractivity contribution is 7.92. The molecule has 7 nitrogen and oxygen atoms in total. The summed E-state index contributed by atoms with van der Waals surface area (Å²) >= 11 is 11.7. The van der Waals surface area contributed by atoms with Crippen molar-refractivity contribution in [2.24, 2.45) is 14.1 Å². The smallest absolute Gasteiger partial charge is 0.302 e. The van der Waals surface area contributed by atoms with Crippen molar-refractivity contribution in [3.8, 4) is 0 Å². The first kappa shape index (κ1) is 16.6. The van der Waals surface area contributed by atoms with Gasteiger partial charge in [0, 0.05) is 20.3 Å². The molecule has 0 bridgehead atoms. The van der Waals surface area contributed by atoms with Gasteiger partial charge in [0.25, 0.3) is 15.6 Å². The Morgan fingerprint density at radius 2 is 1.77 bits per heavy atom. The fourth-order valence-corrected chi connectivity index (χ4v) is 3.38. The molecule has 22 heavy (non-hydrogen) atoms. The van der Waals surface area contributed by atoms with E-state index >= 15 is 0 Å². The molecule has 0 fully saturated rings. The maximum atomic E-state index is 12.4. The second kappa shape index (κ2) is 5.79. The highest BCUT2D eigenvalue weighted by Gasteiger charge is 2.22. The van der Waals surface area contributed by atoms with Gasteiger partial charge < -0.3 is 4.57 Å².